The molecule has 4 saturated carbocycles. The molecule has 8 rings (SSSR count). The minimum absolute atomic E-state index is 0.00551. The third-order valence-corrected chi connectivity index (χ3v) is 19.4. The van der Waals surface area contributed by atoms with Crippen LogP contribution in [-0.4, -0.2) is 194 Å². The summed E-state index contributed by atoms with van der Waals surface area (Å²) < 4.78 is 42.2. The minimum atomic E-state index is -1.87. The lowest BCUT2D eigenvalue weighted by molar-refractivity contribution is -0.374. The van der Waals surface area contributed by atoms with Crippen molar-refractivity contribution in [2.75, 3.05) is 33.5 Å². The molecule has 3 aliphatic heterocycles. The fourth-order valence-corrected chi connectivity index (χ4v) is 15.3. The van der Waals surface area contributed by atoms with Crippen LogP contribution < -0.4 is 0 Å². The Bertz CT molecular complexity index is 1750. The molecule has 0 aromatic carbocycles. The monoisotopic (exact) mass is 945 g/mol. The van der Waals surface area contributed by atoms with Crippen LogP contribution in [0.2, 0.25) is 0 Å². The number of allylic oxidation sites excluding steroid dienone is 1. The first-order valence-corrected chi connectivity index (χ1v) is 24.3. The van der Waals surface area contributed by atoms with Gasteiger partial charge in [-0.3, -0.25) is 0 Å². The fourth-order valence-electron chi connectivity index (χ4n) is 15.3. The maximum Gasteiger partial charge on any atom is 0.187 e. The Hall–Kier alpha value is -0.980. The van der Waals surface area contributed by atoms with Gasteiger partial charge in [0.2, 0.25) is 0 Å². The van der Waals surface area contributed by atoms with Crippen molar-refractivity contribution < 1.29 is 89.3 Å². The van der Waals surface area contributed by atoms with E-state index in [9.17, 15) is 56.2 Å². The van der Waals surface area contributed by atoms with Gasteiger partial charge in [0.05, 0.1) is 50.8 Å². The smallest absolute Gasteiger partial charge is 0.187 e. The molecule has 18 heteroatoms. The summed E-state index contributed by atoms with van der Waals surface area (Å²) in [5.41, 5.74) is -1.16. The van der Waals surface area contributed by atoms with Gasteiger partial charge < -0.3 is 89.3 Å². The van der Waals surface area contributed by atoms with Gasteiger partial charge in [0.1, 0.15) is 61.0 Å². The van der Waals surface area contributed by atoms with Gasteiger partial charge >= 0.3 is 0 Å². The van der Waals surface area contributed by atoms with Crippen molar-refractivity contribution in [3.63, 3.8) is 0 Å². The molecule has 25 atom stereocenters. The summed E-state index contributed by atoms with van der Waals surface area (Å²) >= 11 is 0. The Kier molecular flexibility index (Phi) is 14.2. The first-order valence-electron chi connectivity index (χ1n) is 24.3. The average molecular weight is 945 g/mol. The van der Waals surface area contributed by atoms with E-state index in [-0.39, 0.29) is 58.7 Å². The van der Waals surface area contributed by atoms with E-state index in [4.69, 9.17) is 33.2 Å². The predicted octanol–water partition coefficient (Wildman–Crippen LogP) is -0.151. The van der Waals surface area contributed by atoms with E-state index in [0.717, 1.165) is 32.1 Å². The zero-order valence-electron chi connectivity index (χ0n) is 39.9. The molecular weight excluding hydrogens is 865 g/mol. The van der Waals surface area contributed by atoms with Gasteiger partial charge in [0, 0.05) is 23.9 Å². The van der Waals surface area contributed by atoms with Crippen molar-refractivity contribution in [3.8, 4) is 0 Å². The van der Waals surface area contributed by atoms with Crippen molar-refractivity contribution in [1.82, 2.24) is 0 Å². The predicted molar refractivity (Wildman–Crippen MR) is 232 cm³/mol. The number of hydrogen-bond acceptors (Lipinski definition) is 18. The van der Waals surface area contributed by atoms with Crippen molar-refractivity contribution >= 4 is 0 Å². The van der Waals surface area contributed by atoms with Gasteiger partial charge in [-0.2, -0.15) is 0 Å². The van der Waals surface area contributed by atoms with Crippen molar-refractivity contribution in [2.24, 2.45) is 50.2 Å². The van der Waals surface area contributed by atoms with Crippen molar-refractivity contribution in [1.29, 1.82) is 0 Å². The molecule has 11 N–H and O–H groups in total. The number of ether oxygens (including phenoxy) is 7. The molecule has 18 nitrogen and oxygen atoms in total. The normalized spacial score (nSPS) is 55.8. The highest BCUT2D eigenvalue weighted by molar-refractivity contribution is 5.37. The third kappa shape index (κ3) is 7.74. The Morgan fingerprint density at radius 1 is 0.636 bits per heavy atom. The molecule has 0 bridgehead atoms. The lowest BCUT2D eigenvalue weighted by Crippen LogP contribution is -2.70. The van der Waals surface area contributed by atoms with Crippen LogP contribution in [0.3, 0.4) is 0 Å². The number of fused-ring (bicyclic) bond motifs is 7. The quantitative estimate of drug-likeness (QED) is 0.0949. The largest absolute Gasteiger partial charge is 0.396 e. The number of methoxy groups -OCH3 is 1. The molecule has 0 radical (unpaired) electrons. The lowest BCUT2D eigenvalue weighted by atomic mass is 9.32. The molecule has 3 heterocycles. The number of aliphatic hydroxyl groups excluding tert-OH is 11. The molecule has 0 spiro atoms. The van der Waals surface area contributed by atoms with Gasteiger partial charge in [-0.15, -0.1) is 0 Å². The van der Waals surface area contributed by atoms with Gasteiger partial charge in [-0.25, -0.2) is 0 Å². The van der Waals surface area contributed by atoms with Crippen LogP contribution in [-0.2, 0) is 33.2 Å². The van der Waals surface area contributed by atoms with Gasteiger partial charge in [0.25, 0.3) is 0 Å². The topological polar surface area (TPSA) is 287 Å². The zero-order valence-corrected chi connectivity index (χ0v) is 39.9. The van der Waals surface area contributed by atoms with Crippen LogP contribution in [0.1, 0.15) is 99.8 Å². The number of hydrogen-bond donors (Lipinski definition) is 11. The Morgan fingerprint density at radius 2 is 1.26 bits per heavy atom. The van der Waals surface area contributed by atoms with Crippen molar-refractivity contribution in [2.45, 2.75) is 204 Å². The second-order valence-corrected chi connectivity index (χ2v) is 23.3. The highest BCUT2D eigenvalue weighted by Gasteiger charge is 2.72. The summed E-state index contributed by atoms with van der Waals surface area (Å²) in [5.74, 6) is -0.0785. The standard InChI is InChI=1S/C48H80O18/c1-22-31(54)38(66-41-35(58)33(56)37(27(19-50)63-41)65-40-34(57)32(55)26(18-49)62-40)36(59)42(61-22)64-30-10-11-44(4)28(45(30,5)20-51)9-12-46(6)39(44)25(60-8)15-23-24-16-43(2,3)13-14-48(24,21-52)29(53)17-47(23,46)7/h15,22,24-42,49-59H,9-14,16-21H2,1-8H3/t22-,24+,25-,26-,27-,28-,29+,30+,31+,32+,33-,34-,35-,36-,37-,38+,39-,40+,41+,42+,44+,45+,46-,47-,48-/m1/s1. The molecule has 3 saturated heterocycles. The molecule has 0 aromatic rings. The van der Waals surface area contributed by atoms with Crippen LogP contribution in [0.15, 0.2) is 11.6 Å². The van der Waals surface area contributed by atoms with E-state index in [1.54, 1.807) is 14.0 Å². The summed E-state index contributed by atoms with van der Waals surface area (Å²) in [6.45, 7) is 13.5. The van der Waals surface area contributed by atoms with E-state index in [1.165, 1.54) is 5.57 Å². The third-order valence-electron chi connectivity index (χ3n) is 19.4. The molecule has 5 aliphatic carbocycles. The zero-order chi connectivity index (χ0) is 48.3. The fraction of sp³-hybridized carbons (Fsp3) is 0.958. The molecule has 7 fully saturated rings. The molecule has 380 valence electrons. The molecule has 0 unspecified atom stereocenters. The molecule has 8 aliphatic rings. The molecule has 0 aromatic heterocycles. The molecular formula is C48H80O18. The number of rotatable bonds is 11. The summed E-state index contributed by atoms with van der Waals surface area (Å²) in [5, 5.41) is 121. The molecule has 66 heavy (non-hydrogen) atoms. The summed E-state index contributed by atoms with van der Waals surface area (Å²) in [6.07, 6.45) is -14.5. The van der Waals surface area contributed by atoms with Crippen LogP contribution in [0.4, 0.5) is 0 Å². The van der Waals surface area contributed by atoms with E-state index >= 15 is 0 Å². The van der Waals surface area contributed by atoms with Crippen LogP contribution in [0, 0.1) is 50.2 Å². The van der Waals surface area contributed by atoms with E-state index in [1.807, 2.05) is 6.92 Å². The Morgan fingerprint density at radius 3 is 1.86 bits per heavy atom. The SMILES string of the molecule is CO[C@@H]1C=C2[C@@H]3CC(C)(C)CC[C@]3(CO)[C@@H](O)C[C@@]2(C)[C@]2(C)CC[C@H]3[C@](C)(CO)[C@@H](O[C@@H]4O[C@H](C)[C@H](O)[C@H](O[C@@H]5O[C@H](CO)[C@@H](O[C@@H]6O[C@H](CO)[C@H](O)[C@H]6O)[C@H](O)[C@H]5O)[C@H]4O)CC[C@]3(C)[C@@H]12. The highest BCUT2D eigenvalue weighted by Crippen LogP contribution is 2.76. The van der Waals surface area contributed by atoms with E-state index in [0.29, 0.717) is 19.3 Å². The first-order chi connectivity index (χ1) is 30.9. The van der Waals surface area contributed by atoms with Crippen LogP contribution in [0.5, 0.6) is 0 Å². The minimum Gasteiger partial charge on any atom is -0.396 e. The van der Waals surface area contributed by atoms with Gasteiger partial charge in [-0.1, -0.05) is 53.2 Å². The maximum absolute atomic E-state index is 12.2. The summed E-state index contributed by atoms with van der Waals surface area (Å²) in [7, 11) is 1.76. The van der Waals surface area contributed by atoms with Gasteiger partial charge in [0.15, 0.2) is 18.9 Å². The van der Waals surface area contributed by atoms with Gasteiger partial charge in [-0.05, 0) is 91.8 Å². The van der Waals surface area contributed by atoms with E-state index in [2.05, 4.69) is 40.7 Å². The van der Waals surface area contributed by atoms with Crippen LogP contribution in [0.25, 0.3) is 0 Å². The van der Waals surface area contributed by atoms with Crippen LogP contribution >= 0.6 is 0 Å². The Balaban J connectivity index is 1.01. The maximum atomic E-state index is 12.2. The lowest BCUT2D eigenvalue weighted by Gasteiger charge is -2.73. The van der Waals surface area contributed by atoms with E-state index < -0.39 is 122 Å². The second-order valence-electron chi connectivity index (χ2n) is 23.3. The summed E-state index contributed by atoms with van der Waals surface area (Å²) in [6, 6.07) is 0. The number of aliphatic hydroxyl groups is 11. The Labute approximate surface area is 388 Å². The first kappa shape index (κ1) is 51.4. The average Bonchev–Trinajstić information content (AvgIpc) is 3.55. The highest BCUT2D eigenvalue weighted by atomic mass is 16.8. The second kappa shape index (κ2) is 18.3. The molecule has 0 amide bonds. The van der Waals surface area contributed by atoms with Crippen molar-refractivity contribution in [3.05, 3.63) is 11.6 Å². The summed E-state index contributed by atoms with van der Waals surface area (Å²) in [4.78, 5) is 0.